The number of nitrogens with zero attached hydrogens (tertiary/aromatic N) is 3. The minimum Gasteiger partial charge on any atom is -0.396 e. The molecule has 2 N–H and O–H groups in total. The monoisotopic (exact) mass is 282 g/mol. The van der Waals surface area contributed by atoms with E-state index in [-0.39, 0.29) is 18.0 Å². The first kappa shape index (κ1) is 13.7. The Labute approximate surface area is 111 Å². The van der Waals surface area contributed by atoms with E-state index >= 15 is 0 Å². The SMILES string of the molecule is O=S(=O)(NCCCO)c1cnn(-c2ccccn2)c1. The number of aromatic nitrogens is 3. The van der Waals surface area contributed by atoms with E-state index in [0.717, 1.165) is 0 Å². The second-order valence-electron chi connectivity index (χ2n) is 3.78. The van der Waals surface area contributed by atoms with Crippen LogP contribution >= 0.6 is 0 Å². The summed E-state index contributed by atoms with van der Waals surface area (Å²) in [6.07, 6.45) is 4.62. The van der Waals surface area contributed by atoms with Crippen molar-refractivity contribution in [1.29, 1.82) is 0 Å². The Hall–Kier alpha value is -1.77. The van der Waals surface area contributed by atoms with Crippen molar-refractivity contribution in [2.75, 3.05) is 13.2 Å². The van der Waals surface area contributed by atoms with Crippen molar-refractivity contribution in [1.82, 2.24) is 19.5 Å². The summed E-state index contributed by atoms with van der Waals surface area (Å²) in [7, 11) is -3.59. The van der Waals surface area contributed by atoms with Crippen LogP contribution in [0.3, 0.4) is 0 Å². The highest BCUT2D eigenvalue weighted by atomic mass is 32.2. The predicted octanol–water partition coefficient (Wildman–Crippen LogP) is -0.0720. The molecule has 0 aliphatic carbocycles. The van der Waals surface area contributed by atoms with Gasteiger partial charge in [-0.05, 0) is 18.6 Å². The standard InChI is InChI=1S/C11H14N4O3S/c16-7-3-6-14-19(17,18)10-8-13-15(9-10)11-4-1-2-5-12-11/h1-2,4-5,8-9,14,16H,3,6-7H2. The molecule has 7 nitrogen and oxygen atoms in total. The zero-order valence-corrected chi connectivity index (χ0v) is 10.9. The lowest BCUT2D eigenvalue weighted by molar-refractivity contribution is 0.289. The summed E-state index contributed by atoms with van der Waals surface area (Å²) in [6.45, 7) is 0.128. The van der Waals surface area contributed by atoms with Crippen LogP contribution in [0.5, 0.6) is 0 Å². The summed E-state index contributed by atoms with van der Waals surface area (Å²) < 4.78 is 27.5. The van der Waals surface area contributed by atoms with Gasteiger partial charge in [-0.1, -0.05) is 6.07 Å². The molecule has 0 spiro atoms. The molecule has 0 radical (unpaired) electrons. The predicted molar refractivity (Wildman–Crippen MR) is 68.3 cm³/mol. The Balaban J connectivity index is 2.17. The molecule has 102 valence electrons. The van der Waals surface area contributed by atoms with Crippen LogP contribution in [0.4, 0.5) is 0 Å². The van der Waals surface area contributed by atoms with Crippen molar-refractivity contribution in [2.24, 2.45) is 0 Å². The number of aliphatic hydroxyl groups is 1. The number of rotatable bonds is 6. The molecule has 8 heteroatoms. The molecule has 0 atom stereocenters. The lowest BCUT2D eigenvalue weighted by Crippen LogP contribution is -2.25. The summed E-state index contributed by atoms with van der Waals surface area (Å²) in [4.78, 5) is 4.14. The molecule has 0 aliphatic heterocycles. The Bertz CT molecular complexity index is 624. The summed E-state index contributed by atoms with van der Waals surface area (Å²) in [5.74, 6) is 0.541. The maximum Gasteiger partial charge on any atom is 0.243 e. The smallest absolute Gasteiger partial charge is 0.243 e. The first-order chi connectivity index (χ1) is 9.13. The minimum absolute atomic E-state index is 0.0598. The van der Waals surface area contributed by atoms with Gasteiger partial charge < -0.3 is 5.11 Å². The quantitative estimate of drug-likeness (QED) is 0.723. The third-order valence-corrected chi connectivity index (χ3v) is 3.80. The largest absolute Gasteiger partial charge is 0.396 e. The molecule has 2 heterocycles. The van der Waals surface area contributed by atoms with Crippen LogP contribution < -0.4 is 4.72 Å². The van der Waals surface area contributed by atoms with E-state index in [0.29, 0.717) is 12.2 Å². The number of nitrogens with one attached hydrogen (secondary N) is 1. The maximum atomic E-state index is 11.9. The van der Waals surface area contributed by atoms with E-state index in [2.05, 4.69) is 14.8 Å². The molecule has 0 aliphatic rings. The van der Waals surface area contributed by atoms with Gasteiger partial charge in [0.05, 0.1) is 12.4 Å². The Morgan fingerprint density at radius 3 is 2.89 bits per heavy atom. The van der Waals surface area contributed by atoms with Gasteiger partial charge in [0.1, 0.15) is 4.90 Å². The van der Waals surface area contributed by atoms with E-state index in [4.69, 9.17) is 5.11 Å². The average Bonchev–Trinajstić information content (AvgIpc) is 2.90. The normalized spacial score (nSPS) is 11.6. The number of sulfonamides is 1. The molecular weight excluding hydrogens is 268 g/mol. The van der Waals surface area contributed by atoms with Crippen molar-refractivity contribution in [3.63, 3.8) is 0 Å². The molecule has 0 aromatic carbocycles. The van der Waals surface area contributed by atoms with E-state index in [1.165, 1.54) is 17.1 Å². The van der Waals surface area contributed by atoms with Crippen molar-refractivity contribution >= 4 is 10.0 Å². The molecule has 2 rings (SSSR count). The molecule has 19 heavy (non-hydrogen) atoms. The zero-order chi connectivity index (χ0) is 13.7. The van der Waals surface area contributed by atoms with Gasteiger partial charge in [-0.15, -0.1) is 0 Å². The Kier molecular flexibility index (Phi) is 4.25. The number of hydrogen-bond donors (Lipinski definition) is 2. The molecule has 2 aromatic rings. The number of aliphatic hydroxyl groups excluding tert-OH is 1. The van der Waals surface area contributed by atoms with Gasteiger partial charge in [-0.3, -0.25) is 0 Å². The van der Waals surface area contributed by atoms with Crippen LogP contribution in [0.25, 0.3) is 5.82 Å². The van der Waals surface area contributed by atoms with Gasteiger partial charge in [0.15, 0.2) is 5.82 Å². The topological polar surface area (TPSA) is 97.1 Å². The maximum absolute atomic E-state index is 11.9. The lowest BCUT2D eigenvalue weighted by atomic mass is 10.5. The highest BCUT2D eigenvalue weighted by molar-refractivity contribution is 7.89. The molecule has 0 saturated carbocycles. The van der Waals surface area contributed by atoms with Crippen LogP contribution in [-0.4, -0.2) is 41.4 Å². The average molecular weight is 282 g/mol. The van der Waals surface area contributed by atoms with Crippen molar-refractivity contribution in [3.8, 4) is 5.82 Å². The van der Waals surface area contributed by atoms with Gasteiger partial charge >= 0.3 is 0 Å². The fourth-order valence-electron chi connectivity index (χ4n) is 1.43. The molecule has 0 saturated heterocycles. The van der Waals surface area contributed by atoms with Gasteiger partial charge in [0, 0.05) is 19.3 Å². The zero-order valence-electron chi connectivity index (χ0n) is 10.1. The third kappa shape index (κ3) is 3.37. The third-order valence-electron chi connectivity index (χ3n) is 2.38. The number of pyridine rings is 1. The summed E-state index contributed by atoms with van der Waals surface area (Å²) >= 11 is 0. The van der Waals surface area contributed by atoms with Gasteiger partial charge in [-0.2, -0.15) is 5.10 Å². The highest BCUT2D eigenvalue weighted by Crippen LogP contribution is 2.10. The highest BCUT2D eigenvalue weighted by Gasteiger charge is 2.16. The van der Waals surface area contributed by atoms with E-state index < -0.39 is 10.0 Å². The van der Waals surface area contributed by atoms with Gasteiger partial charge in [0.25, 0.3) is 0 Å². The first-order valence-corrected chi connectivity index (χ1v) is 7.18. The van der Waals surface area contributed by atoms with Crippen molar-refractivity contribution < 1.29 is 13.5 Å². The lowest BCUT2D eigenvalue weighted by Gasteiger charge is -2.02. The van der Waals surface area contributed by atoms with Crippen molar-refractivity contribution in [3.05, 3.63) is 36.8 Å². The van der Waals surface area contributed by atoms with E-state index in [1.54, 1.807) is 24.4 Å². The van der Waals surface area contributed by atoms with E-state index in [9.17, 15) is 8.42 Å². The molecule has 0 fully saturated rings. The van der Waals surface area contributed by atoms with Crippen LogP contribution in [-0.2, 0) is 10.0 Å². The molecule has 2 aromatic heterocycles. The second-order valence-corrected chi connectivity index (χ2v) is 5.55. The van der Waals surface area contributed by atoms with Crippen LogP contribution in [0.15, 0.2) is 41.7 Å². The van der Waals surface area contributed by atoms with Gasteiger partial charge in [-0.25, -0.2) is 22.8 Å². The number of hydrogen-bond acceptors (Lipinski definition) is 5. The van der Waals surface area contributed by atoms with E-state index in [1.807, 2.05) is 0 Å². The summed E-state index contributed by atoms with van der Waals surface area (Å²) in [6, 6.07) is 5.28. The van der Waals surface area contributed by atoms with Gasteiger partial charge in [0.2, 0.25) is 10.0 Å². The second kappa shape index (κ2) is 5.91. The minimum atomic E-state index is -3.59. The fraction of sp³-hybridized carbons (Fsp3) is 0.273. The van der Waals surface area contributed by atoms with Crippen LogP contribution in [0.2, 0.25) is 0 Å². The summed E-state index contributed by atoms with van der Waals surface area (Å²) in [5.41, 5.74) is 0. The Morgan fingerprint density at radius 1 is 1.37 bits per heavy atom. The molecule has 0 unspecified atom stereocenters. The van der Waals surface area contributed by atoms with Crippen molar-refractivity contribution in [2.45, 2.75) is 11.3 Å². The molecule has 0 amide bonds. The Morgan fingerprint density at radius 2 is 2.21 bits per heavy atom. The van der Waals surface area contributed by atoms with Crippen LogP contribution in [0, 0.1) is 0 Å². The van der Waals surface area contributed by atoms with Crippen LogP contribution in [0.1, 0.15) is 6.42 Å². The fourth-order valence-corrected chi connectivity index (χ4v) is 2.43. The summed E-state index contributed by atoms with van der Waals surface area (Å²) in [5, 5.41) is 12.6. The molecular formula is C11H14N4O3S. The molecule has 0 bridgehead atoms. The first-order valence-electron chi connectivity index (χ1n) is 5.70.